The molecule has 12 heteroatoms. The van der Waals surface area contributed by atoms with Crippen LogP contribution in [0.2, 0.25) is 0 Å². The zero-order chi connectivity index (χ0) is 16.9. The lowest BCUT2D eigenvalue weighted by molar-refractivity contribution is 0.0680. The van der Waals surface area contributed by atoms with Crippen molar-refractivity contribution in [1.29, 1.82) is 0 Å². The fraction of sp³-hybridized carbons (Fsp3) is 0. The van der Waals surface area contributed by atoms with E-state index < -0.39 is 11.9 Å². The summed E-state index contributed by atoms with van der Waals surface area (Å²) in [5.74, 6) is -2.53. The van der Waals surface area contributed by atoms with Gasteiger partial charge in [-0.3, -0.25) is 0 Å². The molecule has 6 N–H and O–H groups in total. The molecule has 0 aliphatic heterocycles. The number of halogens is 2. The van der Waals surface area contributed by atoms with Crippen molar-refractivity contribution < 1.29 is 19.8 Å². The summed E-state index contributed by atoms with van der Waals surface area (Å²) in [6.45, 7) is 0. The fourth-order valence-corrected chi connectivity index (χ4v) is 1.63. The molecule has 2 aromatic rings. The number of aromatic carboxylic acids is 2. The van der Waals surface area contributed by atoms with E-state index in [1.807, 2.05) is 0 Å². The minimum atomic E-state index is -1.18. The SMILES string of the molecule is Nc1ncc(Br)nc1C(=O)O.Nc1ncc(Br)nc1C(=O)O. The van der Waals surface area contributed by atoms with Crippen LogP contribution in [0.1, 0.15) is 21.0 Å². The summed E-state index contributed by atoms with van der Waals surface area (Å²) in [5.41, 5.74) is 9.96. The van der Waals surface area contributed by atoms with E-state index in [4.69, 9.17) is 21.7 Å². The number of carboxylic acids is 2. The minimum Gasteiger partial charge on any atom is -0.476 e. The molecule has 0 aromatic carbocycles. The molecular weight excluding hydrogens is 428 g/mol. The van der Waals surface area contributed by atoms with Gasteiger partial charge in [0.25, 0.3) is 0 Å². The molecule has 0 bridgehead atoms. The molecule has 0 amide bonds. The highest BCUT2D eigenvalue weighted by Gasteiger charge is 2.11. The van der Waals surface area contributed by atoms with Crippen molar-refractivity contribution in [3.63, 3.8) is 0 Å². The first-order valence-electron chi connectivity index (χ1n) is 5.25. The van der Waals surface area contributed by atoms with Crippen molar-refractivity contribution >= 4 is 55.4 Å². The monoisotopic (exact) mass is 434 g/mol. The van der Waals surface area contributed by atoms with Gasteiger partial charge >= 0.3 is 11.9 Å². The van der Waals surface area contributed by atoms with E-state index in [-0.39, 0.29) is 23.0 Å². The Morgan fingerprint density at radius 1 is 0.864 bits per heavy atom. The van der Waals surface area contributed by atoms with Gasteiger partial charge in [0.1, 0.15) is 9.21 Å². The number of anilines is 2. The van der Waals surface area contributed by atoms with Gasteiger partial charge in [-0.25, -0.2) is 29.5 Å². The van der Waals surface area contributed by atoms with Crippen LogP contribution in [0.5, 0.6) is 0 Å². The van der Waals surface area contributed by atoms with Gasteiger partial charge in [0.2, 0.25) is 0 Å². The summed E-state index contributed by atoms with van der Waals surface area (Å²) in [6.07, 6.45) is 2.67. The van der Waals surface area contributed by atoms with Crippen molar-refractivity contribution in [2.24, 2.45) is 0 Å². The molecule has 0 unspecified atom stereocenters. The number of nitrogen functional groups attached to an aromatic ring is 2. The molecule has 10 nitrogen and oxygen atoms in total. The van der Waals surface area contributed by atoms with Crippen molar-refractivity contribution in [3.8, 4) is 0 Å². The van der Waals surface area contributed by atoms with E-state index in [0.717, 1.165) is 0 Å². The molecule has 2 heterocycles. The normalized spacial score (nSPS) is 9.55. The Balaban J connectivity index is 0.000000220. The molecule has 0 spiro atoms. The fourth-order valence-electron chi connectivity index (χ4n) is 1.07. The number of carbonyl (C=O) groups is 2. The van der Waals surface area contributed by atoms with E-state index in [1.165, 1.54) is 12.4 Å². The highest BCUT2D eigenvalue weighted by Crippen LogP contribution is 2.10. The van der Waals surface area contributed by atoms with Crippen molar-refractivity contribution in [1.82, 2.24) is 19.9 Å². The molecule has 0 saturated heterocycles. The third-order valence-corrected chi connectivity index (χ3v) is 2.71. The maximum Gasteiger partial charge on any atom is 0.358 e. The average Bonchev–Trinajstić information content (AvgIpc) is 2.44. The number of nitrogens with zero attached hydrogens (tertiary/aromatic N) is 4. The molecule has 0 radical (unpaired) electrons. The van der Waals surface area contributed by atoms with Crippen LogP contribution < -0.4 is 11.5 Å². The summed E-state index contributed by atoms with van der Waals surface area (Å²) in [5, 5.41) is 17.0. The van der Waals surface area contributed by atoms with Crippen LogP contribution in [0, 0.1) is 0 Å². The maximum atomic E-state index is 10.4. The number of hydrogen-bond acceptors (Lipinski definition) is 8. The standard InChI is InChI=1S/2C5H4BrN3O2/c2*6-2-1-8-4(7)3(9-2)5(10)11/h2*1H,(H2,7,8)(H,10,11). The van der Waals surface area contributed by atoms with E-state index in [2.05, 4.69) is 51.8 Å². The lowest BCUT2D eigenvalue weighted by Crippen LogP contribution is -2.07. The van der Waals surface area contributed by atoms with Crippen LogP contribution in [-0.2, 0) is 0 Å². The van der Waals surface area contributed by atoms with E-state index >= 15 is 0 Å². The smallest absolute Gasteiger partial charge is 0.358 e. The van der Waals surface area contributed by atoms with Gasteiger partial charge in [-0.2, -0.15) is 0 Å². The topological polar surface area (TPSA) is 178 Å². The molecule has 0 saturated carbocycles. The molecule has 2 rings (SSSR count). The van der Waals surface area contributed by atoms with Crippen LogP contribution >= 0.6 is 31.9 Å². The van der Waals surface area contributed by atoms with Crippen LogP contribution in [0.25, 0.3) is 0 Å². The van der Waals surface area contributed by atoms with E-state index in [1.54, 1.807) is 0 Å². The number of aromatic nitrogens is 4. The predicted octanol–water partition coefficient (Wildman–Crippen LogP) is 1.04. The first-order valence-corrected chi connectivity index (χ1v) is 6.83. The second kappa shape index (κ2) is 7.61. The number of carboxylic acid groups (broad SMARTS) is 2. The summed E-state index contributed by atoms with van der Waals surface area (Å²) in [7, 11) is 0. The van der Waals surface area contributed by atoms with Crippen LogP contribution in [0.4, 0.5) is 11.6 Å². The van der Waals surface area contributed by atoms with E-state index in [9.17, 15) is 9.59 Å². The van der Waals surface area contributed by atoms with Gasteiger partial charge in [-0.15, -0.1) is 0 Å². The van der Waals surface area contributed by atoms with Crippen LogP contribution in [0.3, 0.4) is 0 Å². The van der Waals surface area contributed by atoms with Crippen LogP contribution in [0.15, 0.2) is 21.6 Å². The predicted molar refractivity (Wildman–Crippen MR) is 82.2 cm³/mol. The highest BCUT2D eigenvalue weighted by atomic mass is 79.9. The molecule has 0 aliphatic rings. The van der Waals surface area contributed by atoms with Crippen molar-refractivity contribution in [2.75, 3.05) is 11.5 Å². The van der Waals surface area contributed by atoms with Gasteiger partial charge in [0.05, 0.1) is 12.4 Å². The Kier molecular flexibility index (Phi) is 6.12. The second-order valence-electron chi connectivity index (χ2n) is 3.46. The number of hydrogen-bond donors (Lipinski definition) is 4. The van der Waals surface area contributed by atoms with Gasteiger partial charge in [0.15, 0.2) is 23.0 Å². The molecule has 116 valence electrons. The third-order valence-electron chi connectivity index (χ3n) is 1.95. The zero-order valence-electron chi connectivity index (χ0n) is 10.6. The Morgan fingerprint density at radius 2 is 1.18 bits per heavy atom. The Labute approximate surface area is 139 Å². The summed E-state index contributed by atoms with van der Waals surface area (Å²) in [6, 6.07) is 0. The van der Waals surface area contributed by atoms with Crippen molar-refractivity contribution in [3.05, 3.63) is 33.0 Å². The average molecular weight is 436 g/mol. The summed E-state index contributed by atoms with van der Waals surface area (Å²) < 4.78 is 0.702. The molecule has 0 aliphatic carbocycles. The first-order chi connectivity index (χ1) is 10.2. The van der Waals surface area contributed by atoms with Gasteiger partial charge in [-0.1, -0.05) is 0 Å². The van der Waals surface area contributed by atoms with Gasteiger partial charge in [0, 0.05) is 0 Å². The molecule has 22 heavy (non-hydrogen) atoms. The summed E-state index contributed by atoms with van der Waals surface area (Å²) in [4.78, 5) is 35.1. The first kappa shape index (κ1) is 17.7. The zero-order valence-corrected chi connectivity index (χ0v) is 13.7. The van der Waals surface area contributed by atoms with E-state index in [0.29, 0.717) is 9.21 Å². The Morgan fingerprint density at radius 3 is 1.41 bits per heavy atom. The second-order valence-corrected chi connectivity index (χ2v) is 5.09. The highest BCUT2D eigenvalue weighted by molar-refractivity contribution is 9.10. The quantitative estimate of drug-likeness (QED) is 0.532. The Bertz CT molecular complexity index is 665. The minimum absolute atomic E-state index is 0.0827. The molecule has 0 fully saturated rings. The van der Waals surface area contributed by atoms with Gasteiger partial charge in [-0.05, 0) is 31.9 Å². The lowest BCUT2D eigenvalue weighted by atomic mass is 10.4. The molecule has 0 atom stereocenters. The van der Waals surface area contributed by atoms with Crippen LogP contribution in [-0.4, -0.2) is 42.1 Å². The maximum absolute atomic E-state index is 10.4. The summed E-state index contributed by atoms with van der Waals surface area (Å²) >= 11 is 5.94. The Hall–Kier alpha value is -2.34. The van der Waals surface area contributed by atoms with Gasteiger partial charge < -0.3 is 21.7 Å². The molecular formula is C10H8Br2N6O4. The number of nitrogens with two attached hydrogens (primary N) is 2. The number of rotatable bonds is 2. The van der Waals surface area contributed by atoms with Crippen molar-refractivity contribution in [2.45, 2.75) is 0 Å². The largest absolute Gasteiger partial charge is 0.476 e. The lowest BCUT2D eigenvalue weighted by Gasteiger charge is -1.97. The molecule has 2 aromatic heterocycles. The third kappa shape index (κ3) is 4.89.